The minimum atomic E-state index is -1.00. The quantitative estimate of drug-likeness (QED) is 0.243. The molecule has 2 heterocycles. The van der Waals surface area contributed by atoms with Gasteiger partial charge in [-0.05, 0) is 52.2 Å². The molecule has 10 heteroatoms. The summed E-state index contributed by atoms with van der Waals surface area (Å²) in [5.41, 5.74) is 0.670. The van der Waals surface area contributed by atoms with Gasteiger partial charge in [-0.3, -0.25) is 14.5 Å². The highest BCUT2D eigenvalue weighted by atomic mass is 79.9. The van der Waals surface area contributed by atoms with Crippen LogP contribution in [0.3, 0.4) is 0 Å². The van der Waals surface area contributed by atoms with Gasteiger partial charge < -0.3 is 19.7 Å². The lowest BCUT2D eigenvalue weighted by Gasteiger charge is -2.24. The molecule has 1 unspecified atom stereocenters. The van der Waals surface area contributed by atoms with E-state index in [-0.39, 0.29) is 22.8 Å². The number of ketones is 1. The van der Waals surface area contributed by atoms with Crippen molar-refractivity contribution >= 4 is 49.8 Å². The smallest absolute Gasteiger partial charge is 0.301 e. The van der Waals surface area contributed by atoms with Crippen molar-refractivity contribution < 1.29 is 29.3 Å². The van der Waals surface area contributed by atoms with Crippen molar-refractivity contribution in [2.24, 2.45) is 0 Å². The second kappa shape index (κ2) is 9.86. The molecule has 0 aliphatic carbocycles. The summed E-state index contributed by atoms with van der Waals surface area (Å²) in [4.78, 5) is 31.8. The molecule has 1 aliphatic heterocycles. The zero-order valence-corrected chi connectivity index (χ0v) is 20.7. The second-order valence-electron chi connectivity index (χ2n) is 7.41. The summed E-state index contributed by atoms with van der Waals surface area (Å²) in [5.74, 6) is -1.45. The number of phenols is 1. The highest BCUT2D eigenvalue weighted by Crippen LogP contribution is 2.46. The average Bonchev–Trinajstić information content (AvgIpc) is 3.46. The molecule has 1 saturated heterocycles. The van der Waals surface area contributed by atoms with Gasteiger partial charge >= 0.3 is 5.91 Å². The molecule has 2 aromatic carbocycles. The first-order valence-corrected chi connectivity index (χ1v) is 12.0. The van der Waals surface area contributed by atoms with E-state index in [2.05, 4.69) is 20.9 Å². The molecular weight excluding hydrogens is 524 g/mol. The van der Waals surface area contributed by atoms with Crippen LogP contribution >= 0.6 is 27.3 Å². The lowest BCUT2D eigenvalue weighted by molar-refractivity contribution is -0.132. The molecule has 0 bridgehead atoms. The molecule has 0 radical (unpaired) electrons. The van der Waals surface area contributed by atoms with Crippen LogP contribution in [0.25, 0.3) is 5.76 Å². The van der Waals surface area contributed by atoms with Crippen molar-refractivity contribution in [1.82, 2.24) is 4.98 Å². The molecule has 8 nitrogen and oxygen atoms in total. The summed E-state index contributed by atoms with van der Waals surface area (Å²) in [5, 5.41) is 23.5. The number of methoxy groups -OCH3 is 1. The number of amides is 1. The van der Waals surface area contributed by atoms with Gasteiger partial charge in [0.05, 0.1) is 29.8 Å². The Hall–Kier alpha value is -3.37. The summed E-state index contributed by atoms with van der Waals surface area (Å²) in [6.45, 7) is 2.48. The molecule has 0 spiro atoms. The van der Waals surface area contributed by atoms with Crippen molar-refractivity contribution in [1.29, 1.82) is 0 Å². The summed E-state index contributed by atoms with van der Waals surface area (Å²) < 4.78 is 11.2. The molecule has 176 valence electrons. The Morgan fingerprint density at radius 1 is 1.26 bits per heavy atom. The Balaban J connectivity index is 1.93. The Kier molecular flexibility index (Phi) is 6.90. The molecule has 1 aromatic heterocycles. The number of carbonyl (C=O) groups is 2. The van der Waals surface area contributed by atoms with Crippen LogP contribution < -0.4 is 14.4 Å². The highest BCUT2D eigenvalue weighted by molar-refractivity contribution is 9.10. The molecular formula is C24H21BrN2O6S. The molecule has 2 N–H and O–H groups in total. The maximum Gasteiger partial charge on any atom is 0.301 e. The third-order valence-electron chi connectivity index (χ3n) is 5.24. The maximum atomic E-state index is 13.2. The number of ether oxygens (including phenoxy) is 2. The van der Waals surface area contributed by atoms with E-state index in [1.54, 1.807) is 35.7 Å². The number of hydrogen-bond donors (Lipinski definition) is 2. The van der Waals surface area contributed by atoms with E-state index in [9.17, 15) is 19.8 Å². The normalized spacial score (nSPS) is 17.3. The van der Waals surface area contributed by atoms with Gasteiger partial charge in [0.1, 0.15) is 11.5 Å². The number of halogens is 1. The van der Waals surface area contributed by atoms with Gasteiger partial charge in [-0.2, -0.15) is 0 Å². The Bertz CT molecular complexity index is 1270. The standard InChI is InChI=1S/C24H21BrN2O6S/c1-3-8-33-15-6-4-5-13(10-15)20(28)18-19(14-11-16(25)21(29)17(12-14)32-2)27(23(31)22(18)30)24-26-7-9-34-24/h4-7,9-12,19,28-29H,3,8H2,1-2H3. The number of anilines is 1. The fourth-order valence-electron chi connectivity index (χ4n) is 3.70. The molecule has 1 aliphatic rings. The van der Waals surface area contributed by atoms with Gasteiger partial charge in [0.25, 0.3) is 5.78 Å². The van der Waals surface area contributed by atoms with Gasteiger partial charge in [0.15, 0.2) is 16.6 Å². The third-order valence-corrected chi connectivity index (χ3v) is 6.61. The number of hydrogen-bond acceptors (Lipinski definition) is 8. The van der Waals surface area contributed by atoms with E-state index in [1.807, 2.05) is 6.92 Å². The van der Waals surface area contributed by atoms with Crippen LogP contribution in [0.4, 0.5) is 5.13 Å². The third kappa shape index (κ3) is 4.26. The van der Waals surface area contributed by atoms with Crippen molar-refractivity contribution in [3.63, 3.8) is 0 Å². The van der Waals surface area contributed by atoms with Crippen LogP contribution in [0.2, 0.25) is 0 Å². The monoisotopic (exact) mass is 544 g/mol. The molecule has 4 rings (SSSR count). The van der Waals surface area contributed by atoms with Crippen molar-refractivity contribution in [2.45, 2.75) is 19.4 Å². The topological polar surface area (TPSA) is 109 Å². The van der Waals surface area contributed by atoms with Gasteiger partial charge in [-0.1, -0.05) is 19.1 Å². The number of carbonyl (C=O) groups excluding carboxylic acids is 2. The number of aliphatic hydroxyl groups excluding tert-OH is 1. The zero-order chi connectivity index (χ0) is 24.4. The average molecular weight is 545 g/mol. The van der Waals surface area contributed by atoms with Gasteiger partial charge in [0, 0.05) is 17.1 Å². The Morgan fingerprint density at radius 2 is 2.06 bits per heavy atom. The maximum absolute atomic E-state index is 13.2. The Morgan fingerprint density at radius 3 is 2.74 bits per heavy atom. The number of aromatic nitrogens is 1. The number of rotatable bonds is 7. The first-order chi connectivity index (χ1) is 16.4. The van der Waals surface area contributed by atoms with Crippen LogP contribution in [0.5, 0.6) is 17.2 Å². The molecule has 1 amide bonds. The lowest BCUT2D eigenvalue weighted by Crippen LogP contribution is -2.29. The minimum absolute atomic E-state index is 0.104. The molecule has 0 saturated carbocycles. The van der Waals surface area contributed by atoms with Crippen molar-refractivity contribution in [3.8, 4) is 17.2 Å². The van der Waals surface area contributed by atoms with E-state index >= 15 is 0 Å². The lowest BCUT2D eigenvalue weighted by atomic mass is 9.95. The number of aromatic hydroxyl groups is 1. The fourth-order valence-corrected chi connectivity index (χ4v) is 4.82. The van der Waals surface area contributed by atoms with Crippen LogP contribution in [0.1, 0.15) is 30.5 Å². The number of Topliss-reactive ketones (excluding diaryl/α,β-unsaturated/α-hetero) is 1. The van der Waals surface area contributed by atoms with E-state index < -0.39 is 17.7 Å². The summed E-state index contributed by atoms with van der Waals surface area (Å²) >= 11 is 4.48. The van der Waals surface area contributed by atoms with Crippen LogP contribution in [0.15, 0.2) is 58.0 Å². The Labute approximate surface area is 208 Å². The van der Waals surface area contributed by atoms with E-state index in [4.69, 9.17) is 9.47 Å². The first-order valence-electron chi connectivity index (χ1n) is 10.4. The first kappa shape index (κ1) is 23.8. The van der Waals surface area contributed by atoms with Gasteiger partial charge in [-0.25, -0.2) is 4.98 Å². The number of thiazole rings is 1. The summed E-state index contributed by atoms with van der Waals surface area (Å²) in [7, 11) is 1.39. The second-order valence-corrected chi connectivity index (χ2v) is 9.14. The van der Waals surface area contributed by atoms with E-state index in [0.717, 1.165) is 6.42 Å². The summed E-state index contributed by atoms with van der Waals surface area (Å²) in [6.07, 6.45) is 2.34. The number of aliphatic hydroxyl groups is 1. The van der Waals surface area contributed by atoms with Gasteiger partial charge in [-0.15, -0.1) is 11.3 Å². The molecule has 1 atom stereocenters. The fraction of sp³-hybridized carbons (Fsp3) is 0.208. The largest absolute Gasteiger partial charge is 0.507 e. The number of phenolic OH excluding ortho intramolecular Hbond substituents is 1. The van der Waals surface area contributed by atoms with Crippen LogP contribution in [0, 0.1) is 0 Å². The van der Waals surface area contributed by atoms with Crippen LogP contribution in [-0.4, -0.2) is 40.6 Å². The van der Waals surface area contributed by atoms with E-state index in [1.165, 1.54) is 35.6 Å². The molecule has 34 heavy (non-hydrogen) atoms. The zero-order valence-electron chi connectivity index (χ0n) is 18.3. The molecule has 1 fully saturated rings. The van der Waals surface area contributed by atoms with Crippen molar-refractivity contribution in [2.75, 3.05) is 18.6 Å². The predicted octanol–water partition coefficient (Wildman–Crippen LogP) is 5.03. The van der Waals surface area contributed by atoms with Crippen LogP contribution in [-0.2, 0) is 9.59 Å². The van der Waals surface area contributed by atoms with Crippen molar-refractivity contribution in [3.05, 3.63) is 69.1 Å². The number of benzene rings is 2. The number of nitrogens with zero attached hydrogens (tertiary/aromatic N) is 2. The highest BCUT2D eigenvalue weighted by Gasteiger charge is 2.48. The molecule has 3 aromatic rings. The SMILES string of the molecule is CCCOc1cccc(C(O)=C2C(=O)C(=O)N(c3nccs3)C2c2cc(Br)c(O)c(OC)c2)c1. The predicted molar refractivity (Wildman–Crippen MR) is 131 cm³/mol. The minimum Gasteiger partial charge on any atom is -0.507 e. The van der Waals surface area contributed by atoms with Gasteiger partial charge in [0.2, 0.25) is 0 Å². The van der Waals surface area contributed by atoms with E-state index in [0.29, 0.717) is 33.1 Å². The summed E-state index contributed by atoms with van der Waals surface area (Å²) in [6, 6.07) is 8.79.